The zero-order chi connectivity index (χ0) is 18.7. The van der Waals surface area contributed by atoms with Crippen molar-refractivity contribution in [2.24, 2.45) is 11.8 Å². The number of imide groups is 1. The Balaban J connectivity index is 1.69. The molecule has 2 aromatic carbocycles. The van der Waals surface area contributed by atoms with Gasteiger partial charge in [-0.1, -0.05) is 60.7 Å². The van der Waals surface area contributed by atoms with Crippen LogP contribution in [0.1, 0.15) is 15.9 Å². The monoisotopic (exact) mass is 358 g/mol. The molecule has 5 nitrogen and oxygen atoms in total. The van der Waals surface area contributed by atoms with Gasteiger partial charge in [-0.3, -0.25) is 19.3 Å². The summed E-state index contributed by atoms with van der Waals surface area (Å²) in [6, 6.07) is 15.8. The molecule has 0 aromatic heterocycles. The Labute approximate surface area is 156 Å². The van der Waals surface area contributed by atoms with Crippen LogP contribution in [0.3, 0.4) is 0 Å². The molecule has 0 spiro atoms. The molecule has 5 rings (SSSR count). The van der Waals surface area contributed by atoms with Gasteiger partial charge in [0.25, 0.3) is 0 Å². The van der Waals surface area contributed by atoms with Crippen molar-refractivity contribution in [2.45, 2.75) is 12.1 Å². The standard InChI is InChI=1S/C22H18N2O3/c1-23-21(26)17-16-12-11-13-7-5-6-10-15(13)24(16)19(18(17)22(23)27)20(25)14-8-3-2-4-9-14/h2-12,16-19H,1H3/t16-,17+,18+,19-/m1/s1. The molecule has 3 aliphatic rings. The van der Waals surface area contributed by atoms with Gasteiger partial charge in [0, 0.05) is 18.3 Å². The molecule has 5 heteroatoms. The lowest BCUT2D eigenvalue weighted by molar-refractivity contribution is -0.138. The van der Waals surface area contributed by atoms with E-state index in [1.807, 2.05) is 59.5 Å². The third-order valence-corrected chi connectivity index (χ3v) is 5.96. The number of para-hydroxylation sites is 1. The van der Waals surface area contributed by atoms with Crippen LogP contribution in [0.15, 0.2) is 60.7 Å². The number of benzene rings is 2. The number of hydrogen-bond donors (Lipinski definition) is 0. The van der Waals surface area contributed by atoms with Gasteiger partial charge >= 0.3 is 0 Å². The second-order valence-electron chi connectivity index (χ2n) is 7.28. The van der Waals surface area contributed by atoms with E-state index in [2.05, 4.69) is 0 Å². The Kier molecular flexibility index (Phi) is 3.34. The third-order valence-electron chi connectivity index (χ3n) is 5.96. The van der Waals surface area contributed by atoms with Crippen molar-refractivity contribution in [3.63, 3.8) is 0 Å². The molecule has 0 aliphatic carbocycles. The van der Waals surface area contributed by atoms with Gasteiger partial charge in [-0.15, -0.1) is 0 Å². The fourth-order valence-electron chi connectivity index (χ4n) is 4.74. The van der Waals surface area contributed by atoms with Gasteiger partial charge in [-0.25, -0.2) is 0 Å². The maximum absolute atomic E-state index is 13.5. The SMILES string of the molecule is CN1C(=O)[C@@H]2[C@H](C1=O)[C@H](C(=O)c1ccccc1)N1c3ccccc3C=C[C@H]21. The molecule has 2 aromatic rings. The first kappa shape index (κ1) is 16.0. The molecular formula is C22H18N2O3. The van der Waals surface area contributed by atoms with Crippen molar-refractivity contribution in [1.82, 2.24) is 4.90 Å². The van der Waals surface area contributed by atoms with Crippen LogP contribution in [0.25, 0.3) is 6.08 Å². The van der Waals surface area contributed by atoms with E-state index in [-0.39, 0.29) is 23.6 Å². The van der Waals surface area contributed by atoms with Gasteiger partial charge in [0.15, 0.2) is 5.78 Å². The second kappa shape index (κ2) is 5.64. The largest absolute Gasteiger partial charge is 0.352 e. The van der Waals surface area contributed by atoms with Crippen molar-refractivity contribution in [3.05, 3.63) is 71.8 Å². The highest BCUT2D eigenvalue weighted by atomic mass is 16.2. The molecule has 2 amide bonds. The summed E-state index contributed by atoms with van der Waals surface area (Å²) in [6.07, 6.45) is 3.95. The number of fused-ring (bicyclic) bond motifs is 5. The molecule has 0 bridgehead atoms. The molecule has 2 saturated heterocycles. The van der Waals surface area contributed by atoms with E-state index in [1.54, 1.807) is 12.1 Å². The van der Waals surface area contributed by atoms with Crippen LogP contribution in [0.4, 0.5) is 5.69 Å². The molecule has 0 saturated carbocycles. The van der Waals surface area contributed by atoms with Gasteiger partial charge in [0.1, 0.15) is 6.04 Å². The summed E-state index contributed by atoms with van der Waals surface area (Å²) < 4.78 is 0. The smallest absolute Gasteiger partial charge is 0.235 e. The number of carbonyl (C=O) groups excluding carboxylic acids is 3. The number of anilines is 1. The zero-order valence-electron chi connectivity index (χ0n) is 14.8. The third kappa shape index (κ3) is 2.08. The minimum Gasteiger partial charge on any atom is -0.352 e. The van der Waals surface area contributed by atoms with Crippen molar-refractivity contribution in [3.8, 4) is 0 Å². The van der Waals surface area contributed by atoms with Crippen molar-refractivity contribution in [2.75, 3.05) is 11.9 Å². The van der Waals surface area contributed by atoms with Crippen molar-refractivity contribution < 1.29 is 14.4 Å². The summed E-state index contributed by atoms with van der Waals surface area (Å²) in [7, 11) is 1.51. The number of hydrogen-bond acceptors (Lipinski definition) is 4. The summed E-state index contributed by atoms with van der Waals surface area (Å²) in [4.78, 5) is 42.3. The molecular weight excluding hydrogens is 340 g/mol. The van der Waals surface area contributed by atoms with Crippen LogP contribution >= 0.6 is 0 Å². The second-order valence-corrected chi connectivity index (χ2v) is 7.28. The van der Waals surface area contributed by atoms with Gasteiger partial charge < -0.3 is 4.90 Å². The maximum Gasteiger partial charge on any atom is 0.235 e. The molecule has 134 valence electrons. The number of rotatable bonds is 2. The fourth-order valence-corrected chi connectivity index (χ4v) is 4.74. The number of amides is 2. The van der Waals surface area contributed by atoms with Crippen LogP contribution in [0.2, 0.25) is 0 Å². The highest BCUT2D eigenvalue weighted by molar-refractivity contribution is 6.13. The van der Waals surface area contributed by atoms with Gasteiger partial charge in [-0.2, -0.15) is 0 Å². The lowest BCUT2D eigenvalue weighted by Crippen LogP contribution is -2.48. The molecule has 27 heavy (non-hydrogen) atoms. The van der Waals surface area contributed by atoms with Crippen molar-refractivity contribution in [1.29, 1.82) is 0 Å². The minimum atomic E-state index is -0.685. The topological polar surface area (TPSA) is 57.7 Å². The molecule has 0 unspecified atom stereocenters. The molecule has 4 atom stereocenters. The fraction of sp³-hybridized carbons (Fsp3) is 0.227. The van der Waals surface area contributed by atoms with E-state index in [0.717, 1.165) is 11.3 Å². The Morgan fingerprint density at radius 2 is 1.56 bits per heavy atom. The Morgan fingerprint density at radius 3 is 2.33 bits per heavy atom. The Hall–Kier alpha value is -3.21. The lowest BCUT2D eigenvalue weighted by atomic mass is 9.86. The summed E-state index contributed by atoms with van der Waals surface area (Å²) in [5.74, 6) is -1.76. The average Bonchev–Trinajstić information content (AvgIpc) is 3.17. The van der Waals surface area contributed by atoms with Crippen LogP contribution in [-0.4, -0.2) is 41.6 Å². The molecule has 0 radical (unpaired) electrons. The number of ketones is 1. The quantitative estimate of drug-likeness (QED) is 0.611. The predicted octanol–water partition coefficient (Wildman–Crippen LogP) is 2.38. The van der Waals surface area contributed by atoms with Gasteiger partial charge in [-0.05, 0) is 11.6 Å². The summed E-state index contributed by atoms with van der Waals surface area (Å²) >= 11 is 0. The summed E-state index contributed by atoms with van der Waals surface area (Å²) in [5.41, 5.74) is 2.45. The lowest BCUT2D eigenvalue weighted by Gasteiger charge is -2.36. The van der Waals surface area contributed by atoms with Crippen LogP contribution in [0.5, 0.6) is 0 Å². The highest BCUT2D eigenvalue weighted by Gasteiger charge is 2.63. The number of likely N-dealkylation sites (tertiary alicyclic amines) is 1. The van der Waals surface area contributed by atoms with Crippen LogP contribution < -0.4 is 4.90 Å². The van der Waals surface area contributed by atoms with E-state index in [0.29, 0.717) is 5.56 Å². The predicted molar refractivity (Wildman–Crippen MR) is 101 cm³/mol. The number of Topliss-reactive ketones (excluding diaryl/α,β-unsaturated/α-hetero) is 1. The molecule has 2 fully saturated rings. The highest BCUT2D eigenvalue weighted by Crippen LogP contribution is 2.48. The molecule has 0 N–H and O–H groups in total. The zero-order valence-corrected chi connectivity index (χ0v) is 14.8. The maximum atomic E-state index is 13.5. The first-order valence-electron chi connectivity index (χ1n) is 9.06. The first-order valence-corrected chi connectivity index (χ1v) is 9.06. The van der Waals surface area contributed by atoms with Crippen LogP contribution in [-0.2, 0) is 9.59 Å². The summed E-state index contributed by atoms with van der Waals surface area (Å²) in [5, 5.41) is 0. The van der Waals surface area contributed by atoms with Gasteiger partial charge in [0.2, 0.25) is 11.8 Å². The minimum absolute atomic E-state index is 0.116. The number of carbonyl (C=O) groups is 3. The van der Waals surface area contributed by atoms with E-state index in [4.69, 9.17) is 0 Å². The van der Waals surface area contributed by atoms with Gasteiger partial charge in [0.05, 0.1) is 17.9 Å². The molecule has 3 aliphatic heterocycles. The average molecular weight is 358 g/mol. The normalized spacial score (nSPS) is 28.2. The van der Waals surface area contributed by atoms with E-state index in [1.165, 1.54) is 11.9 Å². The Morgan fingerprint density at radius 1 is 0.889 bits per heavy atom. The van der Waals surface area contributed by atoms with E-state index >= 15 is 0 Å². The van der Waals surface area contributed by atoms with Crippen molar-refractivity contribution >= 4 is 29.4 Å². The van der Waals surface area contributed by atoms with E-state index in [9.17, 15) is 14.4 Å². The Bertz CT molecular complexity index is 998. The number of nitrogens with zero attached hydrogens (tertiary/aromatic N) is 2. The van der Waals surface area contributed by atoms with E-state index < -0.39 is 17.9 Å². The first-order chi connectivity index (χ1) is 13.1. The molecule has 3 heterocycles. The van der Waals surface area contributed by atoms with Crippen LogP contribution in [0, 0.1) is 11.8 Å². The summed E-state index contributed by atoms with van der Waals surface area (Å²) in [6.45, 7) is 0.